The van der Waals surface area contributed by atoms with E-state index in [-0.39, 0.29) is 23.8 Å². The molecule has 3 aromatic rings. The van der Waals surface area contributed by atoms with Gasteiger partial charge < -0.3 is 9.84 Å². The normalized spacial score (nSPS) is 20.1. The van der Waals surface area contributed by atoms with Gasteiger partial charge in [-0.2, -0.15) is 4.98 Å². The highest BCUT2D eigenvalue weighted by molar-refractivity contribution is 6.09. The summed E-state index contributed by atoms with van der Waals surface area (Å²) in [5.74, 6) is 0.423. The molecule has 0 spiro atoms. The van der Waals surface area contributed by atoms with Gasteiger partial charge in [0.25, 0.3) is 5.91 Å². The second-order valence-corrected chi connectivity index (χ2v) is 8.23. The molecule has 1 saturated heterocycles. The average Bonchev–Trinajstić information content (AvgIpc) is 3.21. The number of urea groups is 1. The monoisotopic (exact) mass is 378 g/mol. The van der Waals surface area contributed by atoms with Crippen molar-refractivity contribution in [2.45, 2.75) is 45.2 Å². The smallest absolute Gasteiger partial charge is 0.325 e. The van der Waals surface area contributed by atoms with E-state index >= 15 is 0 Å². The molecule has 0 aliphatic carbocycles. The standard InChI is InChI=1S/C21H22N4O3/c1-20(2,3)17-22-16(28-24-17)12-25-18(26)21(4,23-19(25)27)15-11-7-9-13-8-5-6-10-14(13)15/h5-11H,12H2,1-4H3,(H,23,27)/t21-/m1/s1. The van der Waals surface area contributed by atoms with Gasteiger partial charge in [0.1, 0.15) is 12.1 Å². The maximum atomic E-state index is 13.2. The number of carbonyl (C=O) groups is 2. The molecule has 1 aliphatic heterocycles. The molecule has 0 radical (unpaired) electrons. The van der Waals surface area contributed by atoms with Crippen molar-refractivity contribution >= 4 is 22.7 Å². The van der Waals surface area contributed by atoms with Crippen molar-refractivity contribution in [1.82, 2.24) is 20.4 Å². The van der Waals surface area contributed by atoms with Crippen LogP contribution in [0, 0.1) is 0 Å². The number of aromatic nitrogens is 2. The summed E-state index contributed by atoms with van der Waals surface area (Å²) in [6.07, 6.45) is 0. The molecule has 0 bridgehead atoms. The number of amides is 3. The zero-order valence-corrected chi connectivity index (χ0v) is 16.3. The molecule has 1 atom stereocenters. The Bertz CT molecular complexity index is 1080. The fourth-order valence-electron chi connectivity index (χ4n) is 3.44. The maximum Gasteiger partial charge on any atom is 0.325 e. The molecule has 0 saturated carbocycles. The van der Waals surface area contributed by atoms with E-state index in [0.29, 0.717) is 5.82 Å². The molecule has 2 heterocycles. The first-order valence-electron chi connectivity index (χ1n) is 9.15. The minimum atomic E-state index is -1.16. The van der Waals surface area contributed by atoms with E-state index in [2.05, 4.69) is 15.5 Å². The van der Waals surface area contributed by atoms with Crippen LogP contribution in [0.15, 0.2) is 47.0 Å². The van der Waals surface area contributed by atoms with Crippen molar-refractivity contribution in [2.24, 2.45) is 0 Å². The first-order valence-corrected chi connectivity index (χ1v) is 9.15. The second-order valence-electron chi connectivity index (χ2n) is 8.23. The highest BCUT2D eigenvalue weighted by atomic mass is 16.5. The molecular formula is C21H22N4O3. The number of carbonyl (C=O) groups excluding carboxylic acids is 2. The van der Waals surface area contributed by atoms with Gasteiger partial charge >= 0.3 is 6.03 Å². The molecule has 1 aliphatic rings. The molecule has 28 heavy (non-hydrogen) atoms. The number of imide groups is 1. The lowest BCUT2D eigenvalue weighted by Crippen LogP contribution is -2.41. The van der Waals surface area contributed by atoms with Gasteiger partial charge in [-0.05, 0) is 23.3 Å². The zero-order valence-electron chi connectivity index (χ0n) is 16.3. The Hall–Kier alpha value is -3.22. The van der Waals surface area contributed by atoms with Gasteiger partial charge in [-0.1, -0.05) is 68.4 Å². The van der Waals surface area contributed by atoms with Gasteiger partial charge in [0, 0.05) is 5.41 Å². The molecule has 2 aromatic carbocycles. The molecular weight excluding hydrogens is 356 g/mol. The van der Waals surface area contributed by atoms with E-state index < -0.39 is 11.6 Å². The van der Waals surface area contributed by atoms with Gasteiger partial charge in [-0.25, -0.2) is 4.79 Å². The fourth-order valence-corrected chi connectivity index (χ4v) is 3.44. The predicted octanol–water partition coefficient (Wildman–Crippen LogP) is 3.49. The highest BCUT2D eigenvalue weighted by Crippen LogP contribution is 2.34. The SMILES string of the molecule is CC(C)(C)c1noc(CN2C(=O)N[C@](C)(c3cccc4ccccc34)C2=O)n1. The van der Waals surface area contributed by atoms with Crippen LogP contribution in [0.1, 0.15) is 45.0 Å². The van der Waals surface area contributed by atoms with Gasteiger partial charge in [0.05, 0.1) is 0 Å². The summed E-state index contributed by atoms with van der Waals surface area (Å²) in [5, 5.41) is 8.74. The quantitative estimate of drug-likeness (QED) is 0.705. The molecule has 144 valence electrons. The Labute approximate surface area is 162 Å². The van der Waals surface area contributed by atoms with Crippen LogP contribution in [-0.2, 0) is 22.3 Å². The third-order valence-electron chi connectivity index (χ3n) is 5.04. The summed E-state index contributed by atoms with van der Waals surface area (Å²) in [5.41, 5.74) is -0.686. The Morgan fingerprint density at radius 3 is 2.54 bits per heavy atom. The van der Waals surface area contributed by atoms with E-state index in [1.165, 1.54) is 0 Å². The lowest BCUT2D eigenvalue weighted by Gasteiger charge is -2.23. The molecule has 7 heteroatoms. The number of nitrogens with zero attached hydrogens (tertiary/aromatic N) is 3. The van der Waals surface area contributed by atoms with Crippen LogP contribution < -0.4 is 5.32 Å². The molecule has 1 N–H and O–H groups in total. The van der Waals surface area contributed by atoms with E-state index in [1.54, 1.807) is 6.92 Å². The van der Waals surface area contributed by atoms with Crippen LogP contribution in [0.25, 0.3) is 10.8 Å². The maximum absolute atomic E-state index is 13.2. The van der Waals surface area contributed by atoms with Crippen LogP contribution >= 0.6 is 0 Å². The minimum Gasteiger partial charge on any atom is -0.337 e. The molecule has 0 unspecified atom stereocenters. The van der Waals surface area contributed by atoms with Crippen molar-refractivity contribution in [3.05, 3.63) is 59.7 Å². The summed E-state index contributed by atoms with van der Waals surface area (Å²) in [6, 6.07) is 13.1. The molecule has 7 nitrogen and oxygen atoms in total. The van der Waals surface area contributed by atoms with Gasteiger partial charge in [-0.15, -0.1) is 0 Å². The molecule has 3 amide bonds. The first-order chi connectivity index (χ1) is 13.2. The number of fused-ring (bicyclic) bond motifs is 1. The van der Waals surface area contributed by atoms with Crippen LogP contribution in [0.5, 0.6) is 0 Å². The number of rotatable bonds is 3. The predicted molar refractivity (Wildman–Crippen MR) is 103 cm³/mol. The van der Waals surface area contributed by atoms with Crippen molar-refractivity contribution in [1.29, 1.82) is 0 Å². The van der Waals surface area contributed by atoms with E-state index in [9.17, 15) is 9.59 Å². The lowest BCUT2D eigenvalue weighted by molar-refractivity contribution is -0.131. The largest absolute Gasteiger partial charge is 0.337 e. The van der Waals surface area contributed by atoms with Gasteiger partial charge in [-0.3, -0.25) is 9.69 Å². The van der Waals surface area contributed by atoms with Crippen LogP contribution in [0.4, 0.5) is 4.79 Å². The topological polar surface area (TPSA) is 88.3 Å². The summed E-state index contributed by atoms with van der Waals surface area (Å²) in [4.78, 5) is 31.3. The summed E-state index contributed by atoms with van der Waals surface area (Å²) in [6.45, 7) is 7.56. The Balaban J connectivity index is 1.67. The number of hydrogen-bond acceptors (Lipinski definition) is 5. The Kier molecular flexibility index (Phi) is 3.99. The third-order valence-corrected chi connectivity index (χ3v) is 5.04. The Morgan fingerprint density at radius 1 is 1.11 bits per heavy atom. The molecule has 4 rings (SSSR count). The van der Waals surface area contributed by atoms with Crippen molar-refractivity contribution < 1.29 is 14.1 Å². The van der Waals surface area contributed by atoms with Crippen molar-refractivity contribution in [3.63, 3.8) is 0 Å². The average molecular weight is 378 g/mol. The van der Waals surface area contributed by atoms with E-state index in [0.717, 1.165) is 21.2 Å². The van der Waals surface area contributed by atoms with Crippen LogP contribution in [0.2, 0.25) is 0 Å². The highest BCUT2D eigenvalue weighted by Gasteiger charge is 2.50. The zero-order chi connectivity index (χ0) is 20.1. The fraction of sp³-hybridized carbons (Fsp3) is 0.333. The Morgan fingerprint density at radius 2 is 1.82 bits per heavy atom. The van der Waals surface area contributed by atoms with Crippen LogP contribution in [0.3, 0.4) is 0 Å². The van der Waals surface area contributed by atoms with E-state index in [4.69, 9.17) is 4.52 Å². The van der Waals surface area contributed by atoms with Crippen molar-refractivity contribution in [3.8, 4) is 0 Å². The number of nitrogens with one attached hydrogen (secondary N) is 1. The first kappa shape index (κ1) is 18.2. The number of hydrogen-bond donors (Lipinski definition) is 1. The lowest BCUT2D eigenvalue weighted by atomic mass is 9.88. The summed E-state index contributed by atoms with van der Waals surface area (Å²) < 4.78 is 5.26. The summed E-state index contributed by atoms with van der Waals surface area (Å²) in [7, 11) is 0. The van der Waals surface area contributed by atoms with Gasteiger partial charge in [0.2, 0.25) is 5.89 Å². The second kappa shape index (κ2) is 6.15. The van der Waals surface area contributed by atoms with Crippen LogP contribution in [-0.4, -0.2) is 27.0 Å². The summed E-state index contributed by atoms with van der Waals surface area (Å²) >= 11 is 0. The molecule has 1 aromatic heterocycles. The third kappa shape index (κ3) is 2.83. The molecule has 1 fully saturated rings. The minimum absolute atomic E-state index is 0.0614. The van der Waals surface area contributed by atoms with Gasteiger partial charge in [0.15, 0.2) is 5.82 Å². The van der Waals surface area contributed by atoms with Crippen molar-refractivity contribution in [2.75, 3.05) is 0 Å². The number of benzene rings is 2. The van der Waals surface area contributed by atoms with E-state index in [1.807, 2.05) is 63.2 Å².